The van der Waals surface area contributed by atoms with E-state index in [9.17, 15) is 9.59 Å². The minimum atomic E-state index is -0.778. The Bertz CT molecular complexity index is 925. The number of amides is 1. The number of nitrogens with one attached hydrogen (secondary N) is 1. The SMILES string of the molecule is COc1cc(C(=O)OCC(=O)Nc2cc(Cl)ccc2C#N)cc(Cl)c1OC. The van der Waals surface area contributed by atoms with E-state index in [1.807, 2.05) is 6.07 Å². The van der Waals surface area contributed by atoms with E-state index in [0.29, 0.717) is 5.02 Å². The van der Waals surface area contributed by atoms with E-state index in [1.54, 1.807) is 0 Å². The molecule has 0 bridgehead atoms. The van der Waals surface area contributed by atoms with Crippen LogP contribution in [0.5, 0.6) is 11.5 Å². The van der Waals surface area contributed by atoms with Crippen molar-refractivity contribution in [3.63, 3.8) is 0 Å². The number of esters is 1. The number of carbonyl (C=O) groups excluding carboxylic acids is 2. The molecule has 0 aliphatic carbocycles. The Morgan fingerprint density at radius 1 is 1.15 bits per heavy atom. The molecule has 0 saturated carbocycles. The summed E-state index contributed by atoms with van der Waals surface area (Å²) >= 11 is 11.9. The van der Waals surface area contributed by atoms with Gasteiger partial charge in [-0.2, -0.15) is 5.26 Å². The standard InChI is InChI=1S/C18H14Cl2N2O5/c1-25-15-6-11(5-13(20)17(15)26-2)18(24)27-9-16(23)22-14-7-12(19)4-3-10(14)8-21/h3-7H,9H2,1-2H3,(H,22,23). The molecule has 2 aromatic rings. The van der Waals surface area contributed by atoms with Gasteiger partial charge in [0.25, 0.3) is 5.91 Å². The van der Waals surface area contributed by atoms with Crippen LogP contribution in [0.25, 0.3) is 0 Å². The predicted molar refractivity (Wildman–Crippen MR) is 99.6 cm³/mol. The lowest BCUT2D eigenvalue weighted by Gasteiger charge is -2.12. The minimum absolute atomic E-state index is 0.0888. The van der Waals surface area contributed by atoms with Gasteiger partial charge in [-0.05, 0) is 30.3 Å². The normalized spacial score (nSPS) is 9.89. The fourth-order valence-corrected chi connectivity index (χ4v) is 2.61. The Kier molecular flexibility index (Phi) is 6.88. The zero-order chi connectivity index (χ0) is 20.0. The molecule has 1 amide bonds. The molecule has 0 atom stereocenters. The topological polar surface area (TPSA) is 97.6 Å². The molecule has 9 heteroatoms. The number of anilines is 1. The molecule has 0 heterocycles. The number of benzene rings is 2. The Labute approximate surface area is 165 Å². The number of hydrogen-bond donors (Lipinski definition) is 1. The molecule has 2 aromatic carbocycles. The number of halogens is 2. The molecule has 0 radical (unpaired) electrons. The van der Waals surface area contributed by atoms with Crippen molar-refractivity contribution in [2.24, 2.45) is 0 Å². The van der Waals surface area contributed by atoms with Crippen LogP contribution in [0.1, 0.15) is 15.9 Å². The molecular formula is C18H14Cl2N2O5. The van der Waals surface area contributed by atoms with Crippen molar-refractivity contribution in [3.8, 4) is 17.6 Å². The van der Waals surface area contributed by atoms with Gasteiger partial charge in [0.1, 0.15) is 6.07 Å². The summed E-state index contributed by atoms with van der Waals surface area (Å²) in [4.78, 5) is 24.2. The third-order valence-corrected chi connectivity index (χ3v) is 3.90. The van der Waals surface area contributed by atoms with Gasteiger partial charge in [0.05, 0.1) is 36.1 Å². The minimum Gasteiger partial charge on any atom is -0.493 e. The zero-order valence-corrected chi connectivity index (χ0v) is 15.9. The third-order valence-electron chi connectivity index (χ3n) is 3.38. The van der Waals surface area contributed by atoms with Gasteiger partial charge in [0, 0.05) is 5.02 Å². The molecule has 2 rings (SSSR count). The highest BCUT2D eigenvalue weighted by atomic mass is 35.5. The summed E-state index contributed by atoms with van der Waals surface area (Å²) in [6.07, 6.45) is 0. The lowest BCUT2D eigenvalue weighted by molar-refractivity contribution is -0.119. The Balaban J connectivity index is 2.06. The second kappa shape index (κ2) is 9.12. The molecule has 0 saturated heterocycles. The van der Waals surface area contributed by atoms with Crippen molar-refractivity contribution >= 4 is 40.8 Å². The van der Waals surface area contributed by atoms with E-state index in [4.69, 9.17) is 42.7 Å². The van der Waals surface area contributed by atoms with Gasteiger partial charge in [-0.3, -0.25) is 4.79 Å². The van der Waals surface area contributed by atoms with Gasteiger partial charge in [-0.25, -0.2) is 4.79 Å². The smallest absolute Gasteiger partial charge is 0.338 e. The highest BCUT2D eigenvalue weighted by Gasteiger charge is 2.17. The molecule has 27 heavy (non-hydrogen) atoms. The van der Waals surface area contributed by atoms with Crippen LogP contribution in [0.15, 0.2) is 30.3 Å². The molecule has 0 aromatic heterocycles. The summed E-state index contributed by atoms with van der Waals surface area (Å²) in [6.45, 7) is -0.567. The molecule has 0 aliphatic rings. The number of hydrogen-bond acceptors (Lipinski definition) is 6. The van der Waals surface area contributed by atoms with Crippen molar-refractivity contribution < 1.29 is 23.8 Å². The Morgan fingerprint density at radius 3 is 2.52 bits per heavy atom. The fourth-order valence-electron chi connectivity index (χ4n) is 2.15. The quantitative estimate of drug-likeness (QED) is 0.731. The number of nitriles is 1. The van der Waals surface area contributed by atoms with Crippen LogP contribution in [0, 0.1) is 11.3 Å². The van der Waals surface area contributed by atoms with Crippen LogP contribution in [-0.2, 0) is 9.53 Å². The third kappa shape index (κ3) is 5.03. The zero-order valence-electron chi connectivity index (χ0n) is 14.3. The fraction of sp³-hybridized carbons (Fsp3) is 0.167. The number of methoxy groups -OCH3 is 2. The number of rotatable bonds is 6. The second-order valence-electron chi connectivity index (χ2n) is 5.12. The Hall–Kier alpha value is -2.95. The first-order chi connectivity index (χ1) is 12.9. The van der Waals surface area contributed by atoms with Crippen LogP contribution in [0.4, 0.5) is 5.69 Å². The lowest BCUT2D eigenvalue weighted by Crippen LogP contribution is -2.21. The maximum Gasteiger partial charge on any atom is 0.338 e. The summed E-state index contributed by atoms with van der Waals surface area (Å²) in [7, 11) is 2.81. The first-order valence-corrected chi connectivity index (χ1v) is 8.23. The number of carbonyl (C=O) groups is 2. The molecule has 1 N–H and O–H groups in total. The van der Waals surface area contributed by atoms with E-state index in [0.717, 1.165) is 0 Å². The molecule has 7 nitrogen and oxygen atoms in total. The van der Waals surface area contributed by atoms with Gasteiger partial charge >= 0.3 is 5.97 Å². The predicted octanol–water partition coefficient (Wildman–Crippen LogP) is 3.68. The highest BCUT2D eigenvalue weighted by Crippen LogP contribution is 2.36. The molecule has 0 spiro atoms. The van der Waals surface area contributed by atoms with Crippen molar-refractivity contribution in [1.82, 2.24) is 0 Å². The summed E-state index contributed by atoms with van der Waals surface area (Å²) in [5, 5.41) is 12.0. The summed E-state index contributed by atoms with van der Waals surface area (Å²) < 4.78 is 15.2. The van der Waals surface area contributed by atoms with Gasteiger partial charge < -0.3 is 19.5 Å². The average Bonchev–Trinajstić information content (AvgIpc) is 2.65. The maximum atomic E-state index is 12.2. The van der Waals surface area contributed by atoms with Gasteiger partial charge in [0.2, 0.25) is 0 Å². The average molecular weight is 409 g/mol. The van der Waals surface area contributed by atoms with E-state index in [1.165, 1.54) is 44.6 Å². The monoisotopic (exact) mass is 408 g/mol. The second-order valence-corrected chi connectivity index (χ2v) is 5.96. The first-order valence-electron chi connectivity index (χ1n) is 7.47. The van der Waals surface area contributed by atoms with E-state index in [2.05, 4.69) is 5.32 Å². The molecule has 0 aliphatic heterocycles. The number of ether oxygens (including phenoxy) is 3. The summed E-state index contributed by atoms with van der Waals surface area (Å²) in [5.74, 6) is -0.884. The van der Waals surface area contributed by atoms with E-state index < -0.39 is 18.5 Å². The van der Waals surface area contributed by atoms with Gasteiger partial charge in [-0.15, -0.1) is 0 Å². The van der Waals surface area contributed by atoms with Crippen LogP contribution >= 0.6 is 23.2 Å². The van der Waals surface area contributed by atoms with Crippen LogP contribution in [0.3, 0.4) is 0 Å². The van der Waals surface area contributed by atoms with E-state index >= 15 is 0 Å². The molecule has 0 fully saturated rings. The Morgan fingerprint density at radius 2 is 1.89 bits per heavy atom. The summed E-state index contributed by atoms with van der Waals surface area (Å²) in [6, 6.07) is 9.07. The first kappa shape index (κ1) is 20.4. The van der Waals surface area contributed by atoms with Crippen molar-refractivity contribution in [3.05, 3.63) is 51.5 Å². The molecular weight excluding hydrogens is 395 g/mol. The lowest BCUT2D eigenvalue weighted by atomic mass is 10.2. The summed E-state index contributed by atoms with van der Waals surface area (Å²) in [5.41, 5.74) is 0.539. The maximum absolute atomic E-state index is 12.2. The highest BCUT2D eigenvalue weighted by molar-refractivity contribution is 6.32. The van der Waals surface area contributed by atoms with Crippen molar-refractivity contribution in [2.75, 3.05) is 26.1 Å². The molecule has 0 unspecified atom stereocenters. The van der Waals surface area contributed by atoms with Crippen molar-refractivity contribution in [1.29, 1.82) is 5.26 Å². The van der Waals surface area contributed by atoms with E-state index in [-0.39, 0.29) is 33.3 Å². The van der Waals surface area contributed by atoms with Crippen molar-refractivity contribution in [2.45, 2.75) is 0 Å². The van der Waals surface area contributed by atoms with Crippen LogP contribution < -0.4 is 14.8 Å². The number of nitrogens with zero attached hydrogens (tertiary/aromatic N) is 1. The van der Waals surface area contributed by atoms with Gasteiger partial charge in [-0.1, -0.05) is 23.2 Å². The van der Waals surface area contributed by atoms with Gasteiger partial charge in [0.15, 0.2) is 18.1 Å². The molecule has 140 valence electrons. The largest absolute Gasteiger partial charge is 0.493 e. The van der Waals surface area contributed by atoms with Crippen LogP contribution in [0.2, 0.25) is 10.0 Å². The van der Waals surface area contributed by atoms with Crippen LogP contribution in [-0.4, -0.2) is 32.7 Å².